The van der Waals surface area contributed by atoms with Crippen LogP contribution in [0.1, 0.15) is 11.1 Å². The molecule has 7 heteroatoms. The molecule has 0 spiro atoms. The normalized spacial score (nSPS) is 11.0. The lowest BCUT2D eigenvalue weighted by molar-refractivity contribution is -0.131. The van der Waals surface area contributed by atoms with E-state index in [-0.39, 0.29) is 17.4 Å². The lowest BCUT2D eigenvalue weighted by Gasteiger charge is -2.12. The Bertz CT molecular complexity index is 997. The predicted octanol–water partition coefficient (Wildman–Crippen LogP) is 6.10. The van der Waals surface area contributed by atoms with Crippen LogP contribution in [0.3, 0.4) is 0 Å². The van der Waals surface area contributed by atoms with Crippen molar-refractivity contribution in [3.05, 3.63) is 74.4 Å². The van der Waals surface area contributed by atoms with Crippen molar-refractivity contribution in [1.82, 2.24) is 0 Å². The van der Waals surface area contributed by atoms with Crippen molar-refractivity contribution in [3.63, 3.8) is 0 Å². The summed E-state index contributed by atoms with van der Waals surface area (Å²) >= 11 is 13.8. The number of rotatable bonds is 6. The molecular weight excluding hydrogens is 407 g/mol. The smallest absolute Gasteiger partial charge is 0.328 e. The van der Waals surface area contributed by atoms with Crippen LogP contribution in [-0.4, -0.2) is 16.2 Å². The molecule has 0 unspecified atom stereocenters. The summed E-state index contributed by atoms with van der Waals surface area (Å²) in [7, 11) is 0. The van der Waals surface area contributed by atoms with Crippen molar-refractivity contribution in [2.24, 2.45) is 0 Å². The highest BCUT2D eigenvalue weighted by Gasteiger charge is 2.12. The highest BCUT2D eigenvalue weighted by molar-refractivity contribution is 7.08. The van der Waals surface area contributed by atoms with E-state index in [9.17, 15) is 9.90 Å². The number of hydrogen-bond donors (Lipinski definition) is 2. The number of ether oxygens (including phenoxy) is 1. The largest absolute Gasteiger partial charge is 0.506 e. The molecule has 0 saturated carbocycles. The quantitative estimate of drug-likeness (QED) is 0.472. The van der Waals surface area contributed by atoms with E-state index in [0.717, 1.165) is 22.8 Å². The summed E-state index contributed by atoms with van der Waals surface area (Å²) in [6.07, 6.45) is 2.64. The van der Waals surface area contributed by atoms with Crippen LogP contribution in [0, 0.1) is 0 Å². The van der Waals surface area contributed by atoms with Gasteiger partial charge in [-0.3, -0.25) is 0 Å². The van der Waals surface area contributed by atoms with Gasteiger partial charge >= 0.3 is 5.97 Å². The summed E-state index contributed by atoms with van der Waals surface area (Å²) in [6.45, 7) is 0.0828. The van der Waals surface area contributed by atoms with Gasteiger partial charge in [0.15, 0.2) is 0 Å². The van der Waals surface area contributed by atoms with Gasteiger partial charge in [-0.1, -0.05) is 29.3 Å². The SMILES string of the molecule is O=C(O)/C=C/c1ccc(OCc2c(Cl)ccc(O)c2Cl)cc1-c1ccsc1. The standard InChI is InChI=1S/C20H14Cl2O4S/c21-17-4-5-18(23)20(22)16(17)10-26-14-3-1-12(2-6-19(24)25)15(9-14)13-7-8-27-11-13/h1-9,11,23H,10H2,(H,24,25)/b6-2+. The maximum atomic E-state index is 10.8. The highest BCUT2D eigenvalue weighted by Crippen LogP contribution is 2.34. The predicted molar refractivity (Wildman–Crippen MR) is 109 cm³/mol. The molecule has 0 atom stereocenters. The van der Waals surface area contributed by atoms with Crippen LogP contribution in [0.2, 0.25) is 10.0 Å². The third-order valence-electron chi connectivity index (χ3n) is 3.81. The number of phenols is 1. The average Bonchev–Trinajstić information content (AvgIpc) is 3.18. The maximum absolute atomic E-state index is 10.8. The maximum Gasteiger partial charge on any atom is 0.328 e. The number of benzene rings is 2. The molecule has 0 aliphatic carbocycles. The van der Waals surface area contributed by atoms with E-state index in [1.807, 2.05) is 22.9 Å². The van der Waals surface area contributed by atoms with Crippen LogP contribution < -0.4 is 4.74 Å². The summed E-state index contributed by atoms with van der Waals surface area (Å²) in [4.78, 5) is 10.8. The number of carbonyl (C=O) groups is 1. The van der Waals surface area contributed by atoms with Crippen molar-refractivity contribution in [3.8, 4) is 22.6 Å². The number of hydrogen-bond acceptors (Lipinski definition) is 4. The fraction of sp³-hybridized carbons (Fsp3) is 0.0500. The summed E-state index contributed by atoms with van der Waals surface area (Å²) in [6, 6.07) is 10.3. The van der Waals surface area contributed by atoms with Crippen LogP contribution in [0.5, 0.6) is 11.5 Å². The zero-order valence-corrected chi connectivity index (χ0v) is 16.2. The second kappa shape index (κ2) is 8.48. The second-order valence-electron chi connectivity index (χ2n) is 5.58. The first-order chi connectivity index (χ1) is 13.0. The van der Waals surface area contributed by atoms with Gasteiger partial charge in [0.05, 0.1) is 5.02 Å². The third-order valence-corrected chi connectivity index (χ3v) is 5.27. The molecule has 0 aliphatic heterocycles. The minimum atomic E-state index is -1.01. The number of halogens is 2. The molecule has 1 heterocycles. The van der Waals surface area contributed by atoms with Gasteiger partial charge in [-0.2, -0.15) is 11.3 Å². The molecule has 0 fully saturated rings. The van der Waals surface area contributed by atoms with E-state index in [2.05, 4.69) is 0 Å². The summed E-state index contributed by atoms with van der Waals surface area (Å²) < 4.78 is 5.81. The molecule has 0 radical (unpaired) electrons. The molecule has 138 valence electrons. The third kappa shape index (κ3) is 4.63. The number of aliphatic carboxylic acids is 1. The molecule has 27 heavy (non-hydrogen) atoms. The molecule has 0 amide bonds. The van der Waals surface area contributed by atoms with Crippen LogP contribution in [0.25, 0.3) is 17.2 Å². The van der Waals surface area contributed by atoms with Gasteiger partial charge in [0.2, 0.25) is 0 Å². The summed E-state index contributed by atoms with van der Waals surface area (Å²) in [5.74, 6) is -0.508. The van der Waals surface area contributed by atoms with Gasteiger partial charge in [-0.15, -0.1) is 0 Å². The minimum absolute atomic E-state index is 0.0622. The number of aromatic hydroxyl groups is 1. The van der Waals surface area contributed by atoms with E-state index in [4.69, 9.17) is 33.0 Å². The van der Waals surface area contributed by atoms with E-state index >= 15 is 0 Å². The van der Waals surface area contributed by atoms with Crippen molar-refractivity contribution in [1.29, 1.82) is 0 Å². The first kappa shape index (κ1) is 19.3. The zero-order chi connectivity index (χ0) is 19.4. The van der Waals surface area contributed by atoms with E-state index in [0.29, 0.717) is 16.3 Å². The number of phenolic OH excluding ortho intramolecular Hbond substituents is 1. The minimum Gasteiger partial charge on any atom is -0.506 e. The summed E-state index contributed by atoms with van der Waals surface area (Å²) in [5, 5.41) is 23.1. The van der Waals surface area contributed by atoms with Crippen molar-refractivity contribution in [2.75, 3.05) is 0 Å². The lowest BCUT2D eigenvalue weighted by Crippen LogP contribution is -1.98. The first-order valence-electron chi connectivity index (χ1n) is 7.82. The van der Waals surface area contributed by atoms with Crippen molar-refractivity contribution < 1.29 is 19.7 Å². The Labute approximate surface area is 169 Å². The Morgan fingerprint density at radius 3 is 2.70 bits per heavy atom. The Morgan fingerprint density at radius 1 is 1.19 bits per heavy atom. The van der Waals surface area contributed by atoms with Crippen LogP contribution >= 0.6 is 34.5 Å². The molecule has 2 aromatic carbocycles. The van der Waals surface area contributed by atoms with Crippen molar-refractivity contribution >= 4 is 46.6 Å². The fourth-order valence-corrected chi connectivity index (χ4v) is 3.61. The van der Waals surface area contributed by atoms with Gasteiger partial charge in [0.1, 0.15) is 18.1 Å². The fourth-order valence-electron chi connectivity index (χ4n) is 2.47. The molecule has 0 saturated heterocycles. The molecule has 3 aromatic rings. The van der Waals surface area contributed by atoms with Gasteiger partial charge in [-0.05, 0) is 63.9 Å². The second-order valence-corrected chi connectivity index (χ2v) is 7.15. The van der Waals surface area contributed by atoms with E-state index < -0.39 is 5.97 Å². The summed E-state index contributed by atoms with van der Waals surface area (Å²) in [5.41, 5.74) is 3.06. The molecular formula is C20H14Cl2O4S. The Kier molecular flexibility index (Phi) is 6.06. The molecule has 0 bridgehead atoms. The Balaban J connectivity index is 1.90. The topological polar surface area (TPSA) is 66.8 Å². The molecule has 2 N–H and O–H groups in total. The van der Waals surface area contributed by atoms with Crippen LogP contribution in [0.15, 0.2) is 53.2 Å². The van der Waals surface area contributed by atoms with Gasteiger partial charge < -0.3 is 14.9 Å². The number of thiophene rings is 1. The number of carboxylic acid groups (broad SMARTS) is 1. The molecule has 4 nitrogen and oxygen atoms in total. The first-order valence-corrected chi connectivity index (χ1v) is 9.52. The Morgan fingerprint density at radius 2 is 2.00 bits per heavy atom. The van der Waals surface area contributed by atoms with E-state index in [1.54, 1.807) is 35.6 Å². The highest BCUT2D eigenvalue weighted by atomic mass is 35.5. The van der Waals surface area contributed by atoms with Gasteiger partial charge in [0, 0.05) is 16.7 Å². The molecule has 0 aliphatic rings. The van der Waals surface area contributed by atoms with Gasteiger partial charge in [0.25, 0.3) is 0 Å². The van der Waals surface area contributed by atoms with E-state index in [1.165, 1.54) is 6.07 Å². The lowest BCUT2D eigenvalue weighted by atomic mass is 10.0. The monoisotopic (exact) mass is 420 g/mol. The van der Waals surface area contributed by atoms with Crippen LogP contribution in [0.4, 0.5) is 0 Å². The Hall–Kier alpha value is -2.47. The van der Waals surface area contributed by atoms with Crippen LogP contribution in [-0.2, 0) is 11.4 Å². The molecule has 3 rings (SSSR count). The zero-order valence-electron chi connectivity index (χ0n) is 13.9. The number of carboxylic acids is 1. The molecule has 1 aromatic heterocycles. The average molecular weight is 421 g/mol. The van der Waals surface area contributed by atoms with Crippen molar-refractivity contribution in [2.45, 2.75) is 6.61 Å². The van der Waals surface area contributed by atoms with Gasteiger partial charge in [-0.25, -0.2) is 4.79 Å².